The van der Waals surface area contributed by atoms with Crippen LogP contribution in [-0.4, -0.2) is 17.3 Å². The zero-order valence-electron chi connectivity index (χ0n) is 13.0. The highest BCUT2D eigenvalue weighted by atomic mass is 16.2. The van der Waals surface area contributed by atoms with Crippen LogP contribution in [0.2, 0.25) is 0 Å². The van der Waals surface area contributed by atoms with Crippen molar-refractivity contribution >= 4 is 17.3 Å². The van der Waals surface area contributed by atoms with E-state index in [4.69, 9.17) is 0 Å². The molecule has 0 aromatic heterocycles. The first-order valence-electron chi connectivity index (χ1n) is 7.87. The second-order valence-electron chi connectivity index (χ2n) is 5.87. The third-order valence-corrected chi connectivity index (χ3v) is 4.49. The van der Waals surface area contributed by atoms with Crippen molar-refractivity contribution < 1.29 is 14.4 Å². The van der Waals surface area contributed by atoms with Gasteiger partial charge in [0, 0.05) is 29.9 Å². The highest BCUT2D eigenvalue weighted by Gasteiger charge is 2.43. The van der Waals surface area contributed by atoms with E-state index in [0.717, 1.165) is 5.56 Å². The highest BCUT2D eigenvalue weighted by molar-refractivity contribution is 6.27. The van der Waals surface area contributed by atoms with Crippen LogP contribution < -0.4 is 0 Å². The summed E-state index contributed by atoms with van der Waals surface area (Å²) in [4.78, 5) is 37.5. The van der Waals surface area contributed by atoms with Crippen molar-refractivity contribution in [3.63, 3.8) is 0 Å². The van der Waals surface area contributed by atoms with Gasteiger partial charge in [0.05, 0.1) is 5.92 Å². The quantitative estimate of drug-likeness (QED) is 0.789. The van der Waals surface area contributed by atoms with E-state index < -0.39 is 11.8 Å². The summed E-state index contributed by atoms with van der Waals surface area (Å²) in [5.41, 5.74) is 1.83. The predicted octanol–water partition coefficient (Wildman–Crippen LogP) is 3.83. The second kappa shape index (κ2) is 6.29. The van der Waals surface area contributed by atoms with Crippen molar-refractivity contribution in [3.8, 4) is 0 Å². The molecule has 0 amide bonds. The molecule has 3 nitrogen and oxygen atoms in total. The molecule has 0 saturated heterocycles. The Labute approximate surface area is 135 Å². The molecular weight excluding hydrogens is 288 g/mol. The molecule has 2 aromatic carbocycles. The van der Waals surface area contributed by atoms with Crippen molar-refractivity contribution in [3.05, 3.63) is 71.3 Å². The molecule has 0 fully saturated rings. The van der Waals surface area contributed by atoms with Crippen LogP contribution in [0.25, 0.3) is 0 Å². The van der Waals surface area contributed by atoms with Crippen LogP contribution in [0.15, 0.2) is 54.6 Å². The fourth-order valence-electron chi connectivity index (χ4n) is 3.25. The lowest BCUT2D eigenvalue weighted by atomic mass is 9.79. The maximum atomic E-state index is 12.8. The molecule has 116 valence electrons. The Morgan fingerprint density at radius 1 is 0.913 bits per heavy atom. The summed E-state index contributed by atoms with van der Waals surface area (Å²) in [6, 6.07) is 16.3. The number of ketones is 3. The summed E-state index contributed by atoms with van der Waals surface area (Å²) in [5, 5.41) is 0. The van der Waals surface area contributed by atoms with Crippen LogP contribution in [0.5, 0.6) is 0 Å². The van der Waals surface area contributed by atoms with Gasteiger partial charge in [0.1, 0.15) is 5.78 Å². The molecule has 1 atom stereocenters. The number of hydrogen-bond acceptors (Lipinski definition) is 3. The fourth-order valence-corrected chi connectivity index (χ4v) is 3.25. The second-order valence-corrected chi connectivity index (χ2v) is 5.87. The smallest absolute Gasteiger partial charge is 0.175 e. The summed E-state index contributed by atoms with van der Waals surface area (Å²) in [6.07, 6.45) is 0.627. The largest absolute Gasteiger partial charge is 0.300 e. The van der Waals surface area contributed by atoms with Crippen molar-refractivity contribution in [2.45, 2.75) is 25.7 Å². The summed E-state index contributed by atoms with van der Waals surface area (Å²) < 4.78 is 0. The molecule has 0 N–H and O–H groups in total. The minimum Gasteiger partial charge on any atom is -0.300 e. The molecular formula is C20H18O3. The molecule has 0 saturated carbocycles. The Balaban J connectivity index is 2.03. The van der Waals surface area contributed by atoms with Crippen molar-refractivity contribution in [1.82, 2.24) is 0 Å². The maximum absolute atomic E-state index is 12.8. The predicted molar refractivity (Wildman–Crippen MR) is 87.7 cm³/mol. The van der Waals surface area contributed by atoms with Gasteiger partial charge >= 0.3 is 0 Å². The van der Waals surface area contributed by atoms with E-state index >= 15 is 0 Å². The van der Waals surface area contributed by atoms with E-state index in [-0.39, 0.29) is 23.8 Å². The lowest BCUT2D eigenvalue weighted by molar-refractivity contribution is -0.119. The highest BCUT2D eigenvalue weighted by Crippen LogP contribution is 2.38. The fraction of sp³-hybridized carbons (Fsp3) is 0.250. The Bertz CT molecular complexity index is 726. The van der Waals surface area contributed by atoms with Crippen LogP contribution in [-0.2, 0) is 4.79 Å². The van der Waals surface area contributed by atoms with Crippen LogP contribution in [0.1, 0.15) is 52.0 Å². The molecule has 0 radical (unpaired) electrons. The maximum Gasteiger partial charge on any atom is 0.175 e. The lowest BCUT2D eigenvalue weighted by Gasteiger charge is -2.21. The molecule has 2 aromatic rings. The Morgan fingerprint density at radius 2 is 1.43 bits per heavy atom. The molecule has 23 heavy (non-hydrogen) atoms. The van der Waals surface area contributed by atoms with Crippen LogP contribution in [0.4, 0.5) is 0 Å². The number of carbonyl (C=O) groups is 3. The summed E-state index contributed by atoms with van der Waals surface area (Å²) in [7, 11) is 0. The van der Waals surface area contributed by atoms with Gasteiger partial charge in [-0.15, -0.1) is 0 Å². The van der Waals surface area contributed by atoms with Crippen molar-refractivity contribution in [1.29, 1.82) is 0 Å². The number of carbonyl (C=O) groups excluding carboxylic acids is 3. The minimum atomic E-state index is -0.787. The van der Waals surface area contributed by atoms with Gasteiger partial charge in [-0.1, -0.05) is 61.5 Å². The molecule has 1 unspecified atom stereocenters. The van der Waals surface area contributed by atoms with Gasteiger partial charge in [0.25, 0.3) is 0 Å². The molecule has 3 rings (SSSR count). The zero-order chi connectivity index (χ0) is 16.4. The minimum absolute atomic E-state index is 0.0652. The Hall–Kier alpha value is -2.55. The van der Waals surface area contributed by atoms with Crippen LogP contribution >= 0.6 is 0 Å². The third-order valence-electron chi connectivity index (χ3n) is 4.49. The van der Waals surface area contributed by atoms with E-state index in [1.54, 1.807) is 31.2 Å². The van der Waals surface area contributed by atoms with Gasteiger partial charge in [-0.25, -0.2) is 0 Å². The molecule has 3 heteroatoms. The summed E-state index contributed by atoms with van der Waals surface area (Å²) in [5.74, 6) is -1.44. The summed E-state index contributed by atoms with van der Waals surface area (Å²) >= 11 is 0. The molecule has 0 aliphatic heterocycles. The van der Waals surface area contributed by atoms with Gasteiger partial charge in [-0.2, -0.15) is 0 Å². The Morgan fingerprint density at radius 3 is 1.96 bits per heavy atom. The molecule has 0 heterocycles. The average Bonchev–Trinajstić information content (AvgIpc) is 2.85. The van der Waals surface area contributed by atoms with E-state index in [1.807, 2.05) is 30.3 Å². The number of benzene rings is 2. The van der Waals surface area contributed by atoms with Gasteiger partial charge in [-0.3, -0.25) is 14.4 Å². The first kappa shape index (κ1) is 15.3. The van der Waals surface area contributed by atoms with E-state index in [2.05, 4.69) is 0 Å². The summed E-state index contributed by atoms with van der Waals surface area (Å²) in [6.45, 7) is 1.80. The molecule has 1 aliphatic carbocycles. The van der Waals surface area contributed by atoms with Crippen molar-refractivity contribution in [2.75, 3.05) is 0 Å². The number of hydrogen-bond donors (Lipinski definition) is 0. The number of Topliss-reactive ketones (excluding diaryl/α,β-unsaturated/α-hetero) is 3. The lowest BCUT2D eigenvalue weighted by Crippen LogP contribution is -2.26. The van der Waals surface area contributed by atoms with Gasteiger partial charge in [0.15, 0.2) is 11.6 Å². The normalized spacial score (nSPS) is 15.5. The first-order valence-corrected chi connectivity index (χ1v) is 7.87. The average molecular weight is 306 g/mol. The molecule has 0 bridgehead atoms. The van der Waals surface area contributed by atoms with Crippen molar-refractivity contribution in [2.24, 2.45) is 5.92 Å². The zero-order valence-corrected chi connectivity index (χ0v) is 13.0. The number of fused-ring (bicyclic) bond motifs is 1. The molecule has 1 aliphatic rings. The van der Waals surface area contributed by atoms with E-state index in [0.29, 0.717) is 17.5 Å². The Kier molecular flexibility index (Phi) is 4.20. The van der Waals surface area contributed by atoms with Gasteiger partial charge in [0.2, 0.25) is 0 Å². The topological polar surface area (TPSA) is 51.2 Å². The van der Waals surface area contributed by atoms with Crippen LogP contribution in [0.3, 0.4) is 0 Å². The number of rotatable bonds is 5. The first-order chi connectivity index (χ1) is 11.1. The monoisotopic (exact) mass is 306 g/mol. The third kappa shape index (κ3) is 2.74. The molecule has 0 spiro atoms. The van der Waals surface area contributed by atoms with Gasteiger partial charge < -0.3 is 0 Å². The van der Waals surface area contributed by atoms with E-state index in [1.165, 1.54) is 0 Å². The SMILES string of the molecule is CCC(=O)CC(c1ccccc1)C1C(=O)c2ccccc2C1=O. The van der Waals surface area contributed by atoms with E-state index in [9.17, 15) is 14.4 Å². The standard InChI is InChI=1S/C20H18O3/c1-2-14(21)12-17(13-8-4-3-5-9-13)18-19(22)15-10-6-7-11-16(15)20(18)23/h3-11,17-18H,2,12H2,1H3. The van der Waals surface area contributed by atoms with Crippen LogP contribution in [0, 0.1) is 5.92 Å². The van der Waals surface area contributed by atoms with Gasteiger partial charge in [-0.05, 0) is 5.56 Å².